The maximum atomic E-state index is 10.6. The molecule has 2 aliphatic rings. The Labute approximate surface area is 103 Å². The van der Waals surface area contributed by atoms with E-state index in [-0.39, 0.29) is 13.2 Å². The van der Waals surface area contributed by atoms with Gasteiger partial charge >= 0.3 is 12.3 Å². The topological polar surface area (TPSA) is 89.5 Å². The number of hydrogen-bond donors (Lipinski definition) is 0. The smallest absolute Gasteiger partial charge is 0.428 e. The zero-order valence-electron chi connectivity index (χ0n) is 9.66. The summed E-state index contributed by atoms with van der Waals surface area (Å²) in [5.74, 6) is 0. The van der Waals surface area contributed by atoms with Gasteiger partial charge in [0.15, 0.2) is 13.2 Å². The summed E-state index contributed by atoms with van der Waals surface area (Å²) in [4.78, 5) is 21.1. The molecule has 0 spiro atoms. The maximum Gasteiger partial charge on any atom is 0.510 e. The van der Waals surface area contributed by atoms with Crippen molar-refractivity contribution in [3.8, 4) is 0 Å². The average Bonchev–Trinajstić information content (AvgIpc) is 2.93. The molecule has 0 aromatic heterocycles. The Morgan fingerprint density at radius 2 is 1.33 bits per heavy atom. The summed E-state index contributed by atoms with van der Waals surface area (Å²) in [6, 6.07) is 0. The van der Waals surface area contributed by atoms with Crippen molar-refractivity contribution in [1.82, 2.24) is 0 Å². The highest BCUT2D eigenvalue weighted by molar-refractivity contribution is 5.61. The van der Waals surface area contributed by atoms with Gasteiger partial charge in [0.05, 0.1) is 13.2 Å². The molecule has 8 heteroatoms. The molecule has 102 valence electrons. The molecule has 2 heterocycles. The molecule has 0 aromatic carbocycles. The Morgan fingerprint density at radius 3 is 1.67 bits per heavy atom. The molecule has 0 amide bonds. The van der Waals surface area contributed by atoms with Crippen LogP contribution in [0.2, 0.25) is 0 Å². The number of carbonyl (C=O) groups is 2. The van der Waals surface area contributed by atoms with Gasteiger partial charge in [0.1, 0.15) is 0 Å². The van der Waals surface area contributed by atoms with Gasteiger partial charge in [0.25, 0.3) is 0 Å². The van der Waals surface area contributed by atoms with Crippen LogP contribution in [0.3, 0.4) is 0 Å². The van der Waals surface area contributed by atoms with E-state index in [2.05, 4.69) is 18.9 Å². The van der Waals surface area contributed by atoms with Crippen molar-refractivity contribution >= 4 is 12.3 Å². The van der Waals surface area contributed by atoms with Crippen LogP contribution in [0.4, 0.5) is 9.59 Å². The van der Waals surface area contributed by atoms with Crippen molar-refractivity contribution < 1.29 is 38.0 Å². The Balaban J connectivity index is 1.42. The Hall–Kier alpha value is -1.54. The third kappa shape index (κ3) is 4.04. The number of ether oxygens (including phenoxy) is 6. The molecule has 0 saturated carbocycles. The minimum absolute atomic E-state index is 0.130. The van der Waals surface area contributed by atoms with E-state index in [0.29, 0.717) is 13.2 Å². The van der Waals surface area contributed by atoms with E-state index < -0.39 is 24.9 Å². The highest BCUT2D eigenvalue weighted by Crippen LogP contribution is 2.10. The molecule has 0 radical (unpaired) electrons. The standard InChI is InChI=1S/C10H14O8/c11-9-15-5-7(17-9)13-3-1-2-4-14-8-6-16-10(12)18-8/h7-8H,1-6H2. The van der Waals surface area contributed by atoms with Crippen molar-refractivity contribution in [2.45, 2.75) is 25.4 Å². The zero-order chi connectivity index (χ0) is 12.8. The van der Waals surface area contributed by atoms with E-state index in [0.717, 1.165) is 12.8 Å². The van der Waals surface area contributed by atoms with Crippen LogP contribution in [-0.4, -0.2) is 51.3 Å². The molecular weight excluding hydrogens is 248 g/mol. The van der Waals surface area contributed by atoms with E-state index in [1.54, 1.807) is 0 Å². The van der Waals surface area contributed by atoms with Gasteiger partial charge < -0.3 is 28.4 Å². The van der Waals surface area contributed by atoms with Gasteiger partial charge in [-0.3, -0.25) is 0 Å². The van der Waals surface area contributed by atoms with Crippen LogP contribution in [0.5, 0.6) is 0 Å². The van der Waals surface area contributed by atoms with Crippen LogP contribution < -0.4 is 0 Å². The third-order valence-corrected chi connectivity index (χ3v) is 2.28. The predicted molar refractivity (Wildman–Crippen MR) is 53.6 cm³/mol. The SMILES string of the molecule is O=C1OCC(OCCCCOC2COC(=O)O2)O1. The number of unbranched alkanes of at least 4 members (excludes halogenated alkanes) is 1. The fourth-order valence-electron chi connectivity index (χ4n) is 1.42. The van der Waals surface area contributed by atoms with Crippen LogP contribution in [0.1, 0.15) is 12.8 Å². The monoisotopic (exact) mass is 262 g/mol. The fourth-order valence-corrected chi connectivity index (χ4v) is 1.42. The molecule has 2 saturated heterocycles. The van der Waals surface area contributed by atoms with E-state index >= 15 is 0 Å². The summed E-state index contributed by atoms with van der Waals surface area (Å²) in [5, 5.41) is 0. The van der Waals surface area contributed by atoms with Crippen molar-refractivity contribution in [3.63, 3.8) is 0 Å². The number of rotatable bonds is 7. The van der Waals surface area contributed by atoms with Gasteiger partial charge in [0, 0.05) is 0 Å². The first kappa shape index (κ1) is 12.9. The molecule has 0 bridgehead atoms. The van der Waals surface area contributed by atoms with Crippen molar-refractivity contribution in [3.05, 3.63) is 0 Å². The quantitative estimate of drug-likeness (QED) is 0.491. The van der Waals surface area contributed by atoms with E-state index in [9.17, 15) is 9.59 Å². The summed E-state index contributed by atoms with van der Waals surface area (Å²) in [6.07, 6.45) is -1.16. The molecule has 2 unspecified atom stereocenters. The highest BCUT2D eigenvalue weighted by Gasteiger charge is 2.26. The maximum absolute atomic E-state index is 10.6. The van der Waals surface area contributed by atoms with Crippen LogP contribution in [-0.2, 0) is 28.4 Å². The average molecular weight is 262 g/mol. The molecule has 0 N–H and O–H groups in total. The van der Waals surface area contributed by atoms with Gasteiger partial charge in [-0.25, -0.2) is 9.59 Å². The van der Waals surface area contributed by atoms with Gasteiger partial charge in [-0.1, -0.05) is 0 Å². The van der Waals surface area contributed by atoms with Crippen molar-refractivity contribution in [2.24, 2.45) is 0 Å². The highest BCUT2D eigenvalue weighted by atomic mass is 16.8. The van der Waals surface area contributed by atoms with Gasteiger partial charge in [-0.2, -0.15) is 0 Å². The van der Waals surface area contributed by atoms with E-state index in [1.165, 1.54) is 0 Å². The lowest BCUT2D eigenvalue weighted by molar-refractivity contribution is -0.0901. The van der Waals surface area contributed by atoms with Crippen LogP contribution in [0.15, 0.2) is 0 Å². The Bertz CT molecular complexity index is 274. The molecule has 8 nitrogen and oxygen atoms in total. The van der Waals surface area contributed by atoms with Crippen LogP contribution in [0.25, 0.3) is 0 Å². The second-order valence-electron chi connectivity index (χ2n) is 3.67. The molecule has 2 aliphatic heterocycles. The van der Waals surface area contributed by atoms with E-state index in [4.69, 9.17) is 9.47 Å². The summed E-state index contributed by atoms with van der Waals surface area (Å²) >= 11 is 0. The lowest BCUT2D eigenvalue weighted by atomic mass is 10.3. The summed E-state index contributed by atoms with van der Waals surface area (Å²) < 4.78 is 28.9. The van der Waals surface area contributed by atoms with Gasteiger partial charge in [-0.05, 0) is 12.8 Å². The Morgan fingerprint density at radius 1 is 0.889 bits per heavy atom. The third-order valence-electron chi connectivity index (χ3n) is 2.28. The first-order valence-corrected chi connectivity index (χ1v) is 5.64. The lowest BCUT2D eigenvalue weighted by Gasteiger charge is -2.09. The van der Waals surface area contributed by atoms with E-state index in [1.807, 2.05) is 0 Å². The number of carbonyl (C=O) groups excluding carboxylic acids is 2. The lowest BCUT2D eigenvalue weighted by Crippen LogP contribution is -2.17. The first-order valence-electron chi connectivity index (χ1n) is 5.64. The molecule has 2 fully saturated rings. The largest absolute Gasteiger partial charge is 0.510 e. The molecule has 2 rings (SSSR count). The molecule has 2 atom stereocenters. The van der Waals surface area contributed by atoms with Gasteiger partial charge in [0.2, 0.25) is 12.6 Å². The number of cyclic esters (lactones) is 4. The van der Waals surface area contributed by atoms with Gasteiger partial charge in [-0.15, -0.1) is 0 Å². The number of hydrogen-bond acceptors (Lipinski definition) is 8. The Kier molecular flexibility index (Phi) is 4.59. The van der Waals surface area contributed by atoms with Crippen molar-refractivity contribution in [2.75, 3.05) is 26.4 Å². The summed E-state index contributed by atoms with van der Waals surface area (Å²) in [7, 11) is 0. The summed E-state index contributed by atoms with van der Waals surface area (Å²) in [5.41, 5.74) is 0. The normalized spacial score (nSPS) is 26.4. The molecule has 18 heavy (non-hydrogen) atoms. The molecule has 0 aromatic rings. The van der Waals surface area contributed by atoms with Crippen LogP contribution >= 0.6 is 0 Å². The second-order valence-corrected chi connectivity index (χ2v) is 3.67. The minimum atomic E-state index is -0.702. The van der Waals surface area contributed by atoms with Crippen LogP contribution in [0, 0.1) is 0 Å². The predicted octanol–water partition coefficient (Wildman–Crippen LogP) is 0.786. The second kappa shape index (κ2) is 6.41. The summed E-state index contributed by atoms with van der Waals surface area (Å²) in [6.45, 7) is 1.13. The first-order chi connectivity index (χ1) is 8.74. The van der Waals surface area contributed by atoms with Crippen molar-refractivity contribution in [1.29, 1.82) is 0 Å². The fraction of sp³-hybridized carbons (Fsp3) is 0.800. The zero-order valence-corrected chi connectivity index (χ0v) is 9.66. The molecular formula is C10H14O8. The molecule has 0 aliphatic carbocycles. The minimum Gasteiger partial charge on any atom is -0.428 e.